The number of hydrogen-bond donors (Lipinski definition) is 1. The summed E-state index contributed by atoms with van der Waals surface area (Å²) in [5.41, 5.74) is 0.613. The number of carbonyl (C=O) groups excluding carboxylic acids is 1. The van der Waals surface area contributed by atoms with Crippen LogP contribution >= 0.6 is 0 Å². The summed E-state index contributed by atoms with van der Waals surface area (Å²) in [7, 11) is 2.18. The Morgan fingerprint density at radius 3 is 2.78 bits per heavy atom. The zero-order valence-corrected chi connectivity index (χ0v) is 10.8. The number of likely N-dealkylation sites (tertiary alicyclic amines) is 2. The third-order valence-electron chi connectivity index (χ3n) is 4.31. The van der Waals surface area contributed by atoms with Gasteiger partial charge in [0.1, 0.15) is 5.69 Å². The van der Waals surface area contributed by atoms with E-state index in [1.54, 1.807) is 12.3 Å². The average Bonchev–Trinajstić information content (AvgIpc) is 3.09. The van der Waals surface area contributed by atoms with E-state index in [2.05, 4.69) is 22.1 Å². The lowest BCUT2D eigenvalue weighted by atomic mass is 10.0. The third-order valence-corrected chi connectivity index (χ3v) is 4.31. The molecular formula is C13H20N4O. The molecule has 2 saturated heterocycles. The van der Waals surface area contributed by atoms with Crippen molar-refractivity contribution in [2.45, 2.75) is 37.8 Å². The molecule has 0 aromatic carbocycles. The van der Waals surface area contributed by atoms with E-state index in [-0.39, 0.29) is 5.91 Å². The van der Waals surface area contributed by atoms with Crippen LogP contribution in [0.25, 0.3) is 0 Å². The topological polar surface area (TPSA) is 52.2 Å². The second-order valence-corrected chi connectivity index (χ2v) is 5.37. The van der Waals surface area contributed by atoms with Gasteiger partial charge in [0.25, 0.3) is 5.91 Å². The summed E-state index contributed by atoms with van der Waals surface area (Å²) >= 11 is 0. The van der Waals surface area contributed by atoms with Gasteiger partial charge in [-0.3, -0.25) is 9.89 Å². The van der Waals surface area contributed by atoms with E-state index in [0.29, 0.717) is 17.8 Å². The molecule has 1 aromatic heterocycles. The number of H-pyrrole nitrogens is 1. The molecule has 0 bridgehead atoms. The molecule has 98 valence electrons. The maximum absolute atomic E-state index is 12.4. The van der Waals surface area contributed by atoms with Crippen LogP contribution in [0.3, 0.4) is 0 Å². The van der Waals surface area contributed by atoms with Gasteiger partial charge in [-0.25, -0.2) is 0 Å². The molecule has 0 saturated carbocycles. The van der Waals surface area contributed by atoms with Crippen LogP contribution in [0.2, 0.25) is 0 Å². The molecule has 2 atom stereocenters. The van der Waals surface area contributed by atoms with Gasteiger partial charge in [0.2, 0.25) is 0 Å². The Morgan fingerprint density at radius 2 is 2.11 bits per heavy atom. The molecule has 1 amide bonds. The quantitative estimate of drug-likeness (QED) is 0.853. The standard InChI is InChI=1S/C13H20N4O/c1-16-8-2-4-11(16)12-5-3-9-17(12)13(18)10-6-7-14-15-10/h6-7,11-12H,2-5,8-9H2,1H3,(H,14,15)/t11-,12-/m0/s1. The summed E-state index contributed by atoms with van der Waals surface area (Å²) in [4.78, 5) is 16.9. The van der Waals surface area contributed by atoms with Crippen molar-refractivity contribution >= 4 is 5.91 Å². The second-order valence-electron chi connectivity index (χ2n) is 5.37. The van der Waals surface area contributed by atoms with Crippen LogP contribution in [-0.4, -0.2) is 58.1 Å². The van der Waals surface area contributed by atoms with Gasteiger partial charge in [0.05, 0.1) is 0 Å². The SMILES string of the molecule is CN1CCC[C@H]1[C@@H]1CCCN1C(=O)c1ccn[nH]1. The fraction of sp³-hybridized carbons (Fsp3) is 0.692. The minimum Gasteiger partial charge on any atom is -0.333 e. The van der Waals surface area contributed by atoms with E-state index >= 15 is 0 Å². The van der Waals surface area contributed by atoms with Crippen molar-refractivity contribution < 1.29 is 4.79 Å². The molecule has 0 unspecified atom stereocenters. The summed E-state index contributed by atoms with van der Waals surface area (Å²) in [5.74, 6) is 0.107. The summed E-state index contributed by atoms with van der Waals surface area (Å²) < 4.78 is 0. The summed E-state index contributed by atoms with van der Waals surface area (Å²) in [5, 5.41) is 6.65. The number of nitrogens with zero attached hydrogens (tertiary/aromatic N) is 3. The Morgan fingerprint density at radius 1 is 1.33 bits per heavy atom. The van der Waals surface area contributed by atoms with E-state index in [4.69, 9.17) is 0 Å². The predicted octanol–water partition coefficient (Wildman–Crippen LogP) is 1.11. The molecular weight excluding hydrogens is 228 g/mol. The fourth-order valence-corrected chi connectivity index (χ4v) is 3.40. The Balaban J connectivity index is 1.77. The van der Waals surface area contributed by atoms with Crippen molar-refractivity contribution in [2.24, 2.45) is 0 Å². The number of likely N-dealkylation sites (N-methyl/N-ethyl adjacent to an activating group) is 1. The van der Waals surface area contributed by atoms with Gasteiger partial charge in [-0.1, -0.05) is 0 Å². The maximum atomic E-state index is 12.4. The van der Waals surface area contributed by atoms with E-state index in [1.807, 2.05) is 4.90 Å². The first-order chi connectivity index (χ1) is 8.77. The molecule has 5 nitrogen and oxygen atoms in total. The highest BCUT2D eigenvalue weighted by Crippen LogP contribution is 2.29. The van der Waals surface area contributed by atoms with Crippen molar-refractivity contribution in [3.05, 3.63) is 18.0 Å². The molecule has 18 heavy (non-hydrogen) atoms. The highest BCUT2D eigenvalue weighted by molar-refractivity contribution is 5.92. The fourth-order valence-electron chi connectivity index (χ4n) is 3.40. The largest absolute Gasteiger partial charge is 0.333 e. The summed E-state index contributed by atoms with van der Waals surface area (Å²) in [6.07, 6.45) is 6.36. The third kappa shape index (κ3) is 1.92. The van der Waals surface area contributed by atoms with Crippen LogP contribution in [0.5, 0.6) is 0 Å². The van der Waals surface area contributed by atoms with E-state index in [0.717, 1.165) is 25.9 Å². The molecule has 0 spiro atoms. The van der Waals surface area contributed by atoms with Crippen LogP contribution in [0.4, 0.5) is 0 Å². The van der Waals surface area contributed by atoms with Gasteiger partial charge in [0, 0.05) is 24.8 Å². The van der Waals surface area contributed by atoms with Crippen molar-refractivity contribution in [1.82, 2.24) is 20.0 Å². The number of carbonyl (C=O) groups is 1. The van der Waals surface area contributed by atoms with Gasteiger partial charge in [-0.2, -0.15) is 5.10 Å². The van der Waals surface area contributed by atoms with Gasteiger partial charge < -0.3 is 9.80 Å². The zero-order chi connectivity index (χ0) is 12.5. The summed E-state index contributed by atoms with van der Waals surface area (Å²) in [6, 6.07) is 2.68. The summed E-state index contributed by atoms with van der Waals surface area (Å²) in [6.45, 7) is 2.04. The number of hydrogen-bond acceptors (Lipinski definition) is 3. The van der Waals surface area contributed by atoms with E-state index in [1.165, 1.54) is 12.8 Å². The lowest BCUT2D eigenvalue weighted by Gasteiger charge is -2.33. The molecule has 0 aliphatic carbocycles. The Bertz CT molecular complexity index is 417. The van der Waals surface area contributed by atoms with Crippen LogP contribution in [-0.2, 0) is 0 Å². The Hall–Kier alpha value is -1.36. The molecule has 3 rings (SSSR count). The van der Waals surface area contributed by atoms with Crippen molar-refractivity contribution in [2.75, 3.05) is 20.1 Å². The highest BCUT2D eigenvalue weighted by atomic mass is 16.2. The van der Waals surface area contributed by atoms with Gasteiger partial charge in [0.15, 0.2) is 0 Å². The van der Waals surface area contributed by atoms with Gasteiger partial charge in [-0.15, -0.1) is 0 Å². The monoisotopic (exact) mass is 248 g/mol. The first-order valence-corrected chi connectivity index (χ1v) is 6.78. The lowest BCUT2D eigenvalue weighted by molar-refractivity contribution is 0.0658. The van der Waals surface area contributed by atoms with E-state index < -0.39 is 0 Å². The number of nitrogens with one attached hydrogen (secondary N) is 1. The normalized spacial score (nSPS) is 29.1. The lowest BCUT2D eigenvalue weighted by Crippen LogP contribution is -2.47. The highest BCUT2D eigenvalue weighted by Gasteiger charge is 2.38. The van der Waals surface area contributed by atoms with Crippen LogP contribution in [0, 0.1) is 0 Å². The van der Waals surface area contributed by atoms with Crippen LogP contribution in [0.15, 0.2) is 12.3 Å². The molecule has 1 aromatic rings. The molecule has 2 aliphatic rings. The smallest absolute Gasteiger partial charge is 0.272 e. The average molecular weight is 248 g/mol. The van der Waals surface area contributed by atoms with Crippen molar-refractivity contribution in [3.8, 4) is 0 Å². The van der Waals surface area contributed by atoms with E-state index in [9.17, 15) is 4.79 Å². The van der Waals surface area contributed by atoms with Crippen LogP contribution in [0.1, 0.15) is 36.2 Å². The number of amides is 1. The molecule has 2 aliphatic heterocycles. The Labute approximate surface area is 107 Å². The molecule has 0 radical (unpaired) electrons. The minimum atomic E-state index is 0.107. The van der Waals surface area contributed by atoms with Crippen molar-refractivity contribution in [1.29, 1.82) is 0 Å². The van der Waals surface area contributed by atoms with Crippen LogP contribution < -0.4 is 0 Å². The molecule has 2 fully saturated rings. The molecule has 5 heteroatoms. The first kappa shape index (κ1) is 11.7. The first-order valence-electron chi connectivity index (χ1n) is 6.78. The maximum Gasteiger partial charge on any atom is 0.272 e. The predicted molar refractivity (Wildman–Crippen MR) is 68.3 cm³/mol. The number of aromatic amines is 1. The zero-order valence-electron chi connectivity index (χ0n) is 10.8. The minimum absolute atomic E-state index is 0.107. The van der Waals surface area contributed by atoms with Gasteiger partial charge >= 0.3 is 0 Å². The molecule has 1 N–H and O–H groups in total. The number of aromatic nitrogens is 2. The van der Waals surface area contributed by atoms with Gasteiger partial charge in [-0.05, 0) is 45.3 Å². The van der Waals surface area contributed by atoms with Crippen molar-refractivity contribution in [3.63, 3.8) is 0 Å². The Kier molecular flexibility index (Phi) is 3.07. The number of rotatable bonds is 2. The second kappa shape index (κ2) is 4.72. The molecule has 3 heterocycles.